The first-order chi connectivity index (χ1) is 6.66. The lowest BCUT2D eigenvalue weighted by atomic mass is 9.92. The van der Waals surface area contributed by atoms with Gasteiger partial charge in [-0.25, -0.2) is 9.67 Å². The van der Waals surface area contributed by atoms with Crippen LogP contribution < -0.4 is 5.73 Å². The minimum atomic E-state index is 0.399. The Hall–Kier alpha value is -0.900. The van der Waals surface area contributed by atoms with Gasteiger partial charge in [-0.15, -0.1) is 0 Å². The standard InChI is InChI=1S/C10H18N4/c1-7-12-8(2)14(13-7)10-5-3-9(11)4-6-10/h9-10H,3-6,11H2,1-2H3. The Balaban J connectivity index is 2.11. The summed E-state index contributed by atoms with van der Waals surface area (Å²) in [5.74, 6) is 1.90. The van der Waals surface area contributed by atoms with Gasteiger partial charge in [0.1, 0.15) is 11.6 Å². The molecule has 0 aliphatic heterocycles. The van der Waals surface area contributed by atoms with E-state index in [4.69, 9.17) is 5.73 Å². The predicted molar refractivity (Wildman–Crippen MR) is 55.0 cm³/mol. The zero-order chi connectivity index (χ0) is 10.1. The molecule has 0 amide bonds. The molecule has 4 heteroatoms. The van der Waals surface area contributed by atoms with Crippen molar-refractivity contribution in [3.63, 3.8) is 0 Å². The molecule has 2 N–H and O–H groups in total. The van der Waals surface area contributed by atoms with Crippen LogP contribution in [0.4, 0.5) is 0 Å². The predicted octanol–water partition coefficient (Wildman–Crippen LogP) is 1.34. The smallest absolute Gasteiger partial charge is 0.147 e. The van der Waals surface area contributed by atoms with Crippen molar-refractivity contribution in [3.8, 4) is 0 Å². The molecule has 4 nitrogen and oxygen atoms in total. The van der Waals surface area contributed by atoms with Crippen LogP contribution in [0, 0.1) is 13.8 Å². The molecule has 78 valence electrons. The maximum Gasteiger partial charge on any atom is 0.147 e. The van der Waals surface area contributed by atoms with Gasteiger partial charge >= 0.3 is 0 Å². The molecule has 1 aromatic heterocycles. The lowest BCUT2D eigenvalue weighted by Gasteiger charge is -2.26. The Bertz CT molecular complexity index is 310. The Morgan fingerprint density at radius 1 is 1.21 bits per heavy atom. The summed E-state index contributed by atoms with van der Waals surface area (Å²) in [7, 11) is 0. The second-order valence-corrected chi connectivity index (χ2v) is 4.22. The fourth-order valence-electron chi connectivity index (χ4n) is 2.23. The summed E-state index contributed by atoms with van der Waals surface area (Å²) in [4.78, 5) is 4.33. The second-order valence-electron chi connectivity index (χ2n) is 4.22. The largest absolute Gasteiger partial charge is 0.328 e. The van der Waals surface area contributed by atoms with Crippen molar-refractivity contribution in [2.45, 2.75) is 51.6 Å². The average Bonchev–Trinajstić information content (AvgIpc) is 2.47. The molecule has 2 rings (SSSR count). The highest BCUT2D eigenvalue weighted by Crippen LogP contribution is 2.27. The summed E-state index contributed by atoms with van der Waals surface area (Å²) in [6, 6.07) is 0.923. The highest BCUT2D eigenvalue weighted by molar-refractivity contribution is 4.91. The van der Waals surface area contributed by atoms with Gasteiger partial charge in [0, 0.05) is 6.04 Å². The van der Waals surface area contributed by atoms with Gasteiger partial charge in [0.05, 0.1) is 6.04 Å². The van der Waals surface area contributed by atoms with Crippen molar-refractivity contribution < 1.29 is 0 Å². The fraction of sp³-hybridized carbons (Fsp3) is 0.800. The zero-order valence-corrected chi connectivity index (χ0v) is 8.90. The molecule has 0 radical (unpaired) electrons. The highest BCUT2D eigenvalue weighted by atomic mass is 15.4. The van der Waals surface area contributed by atoms with Crippen LogP contribution in [0.3, 0.4) is 0 Å². The van der Waals surface area contributed by atoms with Gasteiger partial charge in [-0.2, -0.15) is 5.10 Å². The highest BCUT2D eigenvalue weighted by Gasteiger charge is 2.21. The minimum Gasteiger partial charge on any atom is -0.328 e. The van der Waals surface area contributed by atoms with Crippen LogP contribution in [-0.2, 0) is 0 Å². The van der Waals surface area contributed by atoms with E-state index in [1.54, 1.807) is 0 Å². The topological polar surface area (TPSA) is 56.7 Å². The first-order valence-corrected chi connectivity index (χ1v) is 5.32. The van der Waals surface area contributed by atoms with E-state index in [0.29, 0.717) is 12.1 Å². The number of aryl methyl sites for hydroxylation is 2. The summed E-state index contributed by atoms with van der Waals surface area (Å²) in [6.45, 7) is 3.96. The van der Waals surface area contributed by atoms with E-state index in [0.717, 1.165) is 37.3 Å². The number of nitrogens with zero attached hydrogens (tertiary/aromatic N) is 3. The monoisotopic (exact) mass is 194 g/mol. The Kier molecular flexibility index (Phi) is 2.54. The summed E-state index contributed by atoms with van der Waals surface area (Å²) in [5, 5.41) is 4.42. The Labute approximate surface area is 84.5 Å². The molecule has 1 saturated carbocycles. The van der Waals surface area contributed by atoms with E-state index >= 15 is 0 Å². The maximum absolute atomic E-state index is 5.87. The fourth-order valence-corrected chi connectivity index (χ4v) is 2.23. The van der Waals surface area contributed by atoms with Crippen LogP contribution in [0.1, 0.15) is 43.4 Å². The van der Waals surface area contributed by atoms with Crippen LogP contribution in [0.15, 0.2) is 0 Å². The average molecular weight is 194 g/mol. The van der Waals surface area contributed by atoms with Crippen molar-refractivity contribution in [2.75, 3.05) is 0 Å². The molecule has 0 aromatic carbocycles. The van der Waals surface area contributed by atoms with Crippen molar-refractivity contribution in [2.24, 2.45) is 5.73 Å². The van der Waals surface area contributed by atoms with E-state index in [-0.39, 0.29) is 0 Å². The summed E-state index contributed by atoms with van der Waals surface area (Å²) in [5.41, 5.74) is 5.87. The zero-order valence-electron chi connectivity index (χ0n) is 8.90. The van der Waals surface area contributed by atoms with Crippen molar-refractivity contribution >= 4 is 0 Å². The van der Waals surface area contributed by atoms with Gasteiger partial charge in [-0.3, -0.25) is 0 Å². The van der Waals surface area contributed by atoms with Gasteiger partial charge in [0.25, 0.3) is 0 Å². The normalized spacial score (nSPS) is 27.9. The van der Waals surface area contributed by atoms with Gasteiger partial charge in [-0.1, -0.05) is 0 Å². The van der Waals surface area contributed by atoms with Crippen LogP contribution in [-0.4, -0.2) is 20.8 Å². The Morgan fingerprint density at radius 2 is 1.86 bits per heavy atom. The number of nitrogens with two attached hydrogens (primary N) is 1. The molecule has 1 aromatic rings. The molecule has 1 aliphatic carbocycles. The van der Waals surface area contributed by atoms with E-state index in [1.807, 2.05) is 13.8 Å². The van der Waals surface area contributed by atoms with Crippen molar-refractivity contribution in [1.29, 1.82) is 0 Å². The molecule has 0 saturated heterocycles. The van der Waals surface area contributed by atoms with Crippen LogP contribution in [0.2, 0.25) is 0 Å². The number of aromatic nitrogens is 3. The minimum absolute atomic E-state index is 0.399. The van der Waals surface area contributed by atoms with Crippen LogP contribution >= 0.6 is 0 Å². The van der Waals surface area contributed by atoms with Crippen LogP contribution in [0.5, 0.6) is 0 Å². The third kappa shape index (κ3) is 1.80. The van der Waals surface area contributed by atoms with Gasteiger partial charge in [-0.05, 0) is 39.5 Å². The van der Waals surface area contributed by atoms with Crippen molar-refractivity contribution in [1.82, 2.24) is 14.8 Å². The number of rotatable bonds is 1. The maximum atomic E-state index is 5.87. The first kappa shape index (κ1) is 9.65. The lowest BCUT2D eigenvalue weighted by molar-refractivity contribution is 0.299. The third-order valence-electron chi connectivity index (χ3n) is 2.99. The summed E-state index contributed by atoms with van der Waals surface area (Å²) >= 11 is 0. The SMILES string of the molecule is Cc1nc(C)n(C2CCC(N)CC2)n1. The molecule has 14 heavy (non-hydrogen) atoms. The van der Waals surface area contributed by atoms with E-state index in [1.165, 1.54) is 0 Å². The van der Waals surface area contributed by atoms with Crippen LogP contribution in [0.25, 0.3) is 0 Å². The summed E-state index contributed by atoms with van der Waals surface area (Å²) < 4.78 is 2.07. The van der Waals surface area contributed by atoms with Crippen molar-refractivity contribution in [3.05, 3.63) is 11.6 Å². The number of hydrogen-bond acceptors (Lipinski definition) is 3. The first-order valence-electron chi connectivity index (χ1n) is 5.32. The van der Waals surface area contributed by atoms with E-state index < -0.39 is 0 Å². The molecular formula is C10H18N4. The molecule has 1 heterocycles. The second kappa shape index (κ2) is 3.69. The third-order valence-corrected chi connectivity index (χ3v) is 2.99. The Morgan fingerprint density at radius 3 is 2.36 bits per heavy atom. The molecule has 0 bridgehead atoms. The van der Waals surface area contributed by atoms with E-state index in [9.17, 15) is 0 Å². The van der Waals surface area contributed by atoms with Gasteiger partial charge in [0.15, 0.2) is 0 Å². The molecular weight excluding hydrogens is 176 g/mol. The number of hydrogen-bond donors (Lipinski definition) is 1. The molecule has 0 unspecified atom stereocenters. The summed E-state index contributed by atoms with van der Waals surface area (Å²) in [6.07, 6.45) is 4.52. The molecule has 1 fully saturated rings. The van der Waals surface area contributed by atoms with Gasteiger partial charge < -0.3 is 5.73 Å². The molecule has 1 aliphatic rings. The lowest BCUT2D eigenvalue weighted by Crippen LogP contribution is -2.28. The van der Waals surface area contributed by atoms with E-state index in [2.05, 4.69) is 14.8 Å². The molecule has 0 atom stereocenters. The quantitative estimate of drug-likeness (QED) is 0.734. The molecule has 0 spiro atoms. The van der Waals surface area contributed by atoms with Gasteiger partial charge in [0.2, 0.25) is 0 Å².